The predicted octanol–water partition coefficient (Wildman–Crippen LogP) is 3.25. The lowest BCUT2D eigenvalue weighted by atomic mass is 9.85. The summed E-state index contributed by atoms with van der Waals surface area (Å²) in [4.78, 5) is 0. The van der Waals surface area contributed by atoms with Gasteiger partial charge in [-0.15, -0.1) is 11.6 Å². The second kappa shape index (κ2) is 4.46. The van der Waals surface area contributed by atoms with Crippen LogP contribution in [0.25, 0.3) is 0 Å². The molecule has 0 aromatic heterocycles. The highest BCUT2D eigenvalue weighted by Gasteiger charge is 2.57. The Kier molecular flexibility index (Phi) is 2.74. The number of hydrogen-bond acceptors (Lipinski definition) is 4. The van der Waals surface area contributed by atoms with Gasteiger partial charge in [-0.1, -0.05) is 29.5 Å². The number of fused-ring (bicyclic) bond motifs is 8. The van der Waals surface area contributed by atoms with Gasteiger partial charge in [0.15, 0.2) is 0 Å². The van der Waals surface area contributed by atoms with Crippen molar-refractivity contribution in [1.82, 2.24) is 5.01 Å². The van der Waals surface area contributed by atoms with Crippen LogP contribution in [0.5, 0.6) is 0 Å². The Morgan fingerprint density at radius 1 is 1.16 bits per heavy atom. The number of benzene rings is 1. The summed E-state index contributed by atoms with van der Waals surface area (Å²) < 4.78 is 6.12. The molecule has 0 saturated carbocycles. The van der Waals surface area contributed by atoms with E-state index in [1.807, 2.05) is 0 Å². The maximum atomic E-state index is 6.12. The molecule has 1 aromatic carbocycles. The van der Waals surface area contributed by atoms with Gasteiger partial charge in [-0.25, -0.2) is 0 Å². The summed E-state index contributed by atoms with van der Waals surface area (Å²) in [5.74, 6) is 0.713. The maximum Gasteiger partial charge on any atom is 0.128 e. The molecule has 4 nitrogen and oxygen atoms in total. The van der Waals surface area contributed by atoms with Crippen molar-refractivity contribution in [3.8, 4) is 0 Å². The lowest BCUT2D eigenvalue weighted by Gasteiger charge is -2.27. The molecule has 100 valence electrons. The molecular weight excluding hydrogens is 262 g/mol. The summed E-state index contributed by atoms with van der Waals surface area (Å²) >= 11 is 5.73. The van der Waals surface area contributed by atoms with Gasteiger partial charge < -0.3 is 4.74 Å². The van der Waals surface area contributed by atoms with Gasteiger partial charge in [0.05, 0.1) is 0 Å². The van der Waals surface area contributed by atoms with Crippen LogP contribution in [-0.4, -0.2) is 29.5 Å². The molecule has 0 aliphatic carbocycles. The molecule has 19 heavy (non-hydrogen) atoms. The monoisotopic (exact) mass is 277 g/mol. The van der Waals surface area contributed by atoms with E-state index in [9.17, 15) is 0 Å². The van der Waals surface area contributed by atoms with Crippen molar-refractivity contribution in [3.05, 3.63) is 35.4 Å². The first-order valence-electron chi connectivity index (χ1n) is 6.88. The largest absolute Gasteiger partial charge is 0.361 e. The van der Waals surface area contributed by atoms with E-state index in [1.54, 1.807) is 0 Å². The van der Waals surface area contributed by atoms with Gasteiger partial charge in [0.25, 0.3) is 0 Å². The van der Waals surface area contributed by atoms with E-state index in [1.165, 1.54) is 11.1 Å². The van der Waals surface area contributed by atoms with Crippen LogP contribution in [0, 0.1) is 0 Å². The first kappa shape index (κ1) is 11.7. The quantitative estimate of drug-likeness (QED) is 0.626. The number of hydrogen-bond donors (Lipinski definition) is 0. The zero-order valence-corrected chi connectivity index (χ0v) is 11.3. The molecule has 4 atom stereocenters. The van der Waals surface area contributed by atoms with Crippen LogP contribution in [0.1, 0.15) is 36.2 Å². The smallest absolute Gasteiger partial charge is 0.128 e. The average Bonchev–Trinajstić information content (AvgIpc) is 3.09. The molecule has 1 aromatic rings. The molecular formula is C14H16ClN3O. The fraction of sp³-hybridized carbons (Fsp3) is 0.571. The molecule has 3 aliphatic heterocycles. The normalized spacial score (nSPS) is 33.8. The van der Waals surface area contributed by atoms with Crippen LogP contribution in [0.15, 0.2) is 34.6 Å². The molecule has 4 unspecified atom stereocenters. The van der Waals surface area contributed by atoms with Crippen molar-refractivity contribution >= 4 is 11.6 Å². The fourth-order valence-electron chi connectivity index (χ4n) is 3.43. The van der Waals surface area contributed by atoms with Gasteiger partial charge in [0.2, 0.25) is 0 Å². The van der Waals surface area contributed by atoms with Crippen LogP contribution in [0.2, 0.25) is 0 Å². The third-order valence-corrected chi connectivity index (χ3v) is 4.55. The summed E-state index contributed by atoms with van der Waals surface area (Å²) in [6.07, 6.45) is 2.33. The Morgan fingerprint density at radius 2 is 1.95 bits per heavy atom. The van der Waals surface area contributed by atoms with Gasteiger partial charge >= 0.3 is 0 Å². The van der Waals surface area contributed by atoms with Gasteiger partial charge in [0, 0.05) is 12.4 Å². The number of nitrogens with zero attached hydrogens (tertiary/aromatic N) is 3. The lowest BCUT2D eigenvalue weighted by molar-refractivity contribution is 0.0381. The lowest BCUT2D eigenvalue weighted by Crippen LogP contribution is -2.38. The van der Waals surface area contributed by atoms with E-state index in [2.05, 4.69) is 39.6 Å². The number of rotatable bonds is 4. The van der Waals surface area contributed by atoms with Crippen molar-refractivity contribution in [3.63, 3.8) is 0 Å². The van der Waals surface area contributed by atoms with Crippen LogP contribution >= 0.6 is 11.6 Å². The third-order valence-electron chi connectivity index (χ3n) is 4.29. The van der Waals surface area contributed by atoms with Gasteiger partial charge in [0.1, 0.15) is 24.3 Å². The SMILES string of the molecule is ClCCCCN1N=NC2C3OC(c4ccccc43)C21. The minimum absolute atomic E-state index is 0.105. The molecule has 2 bridgehead atoms. The zero-order valence-electron chi connectivity index (χ0n) is 10.6. The van der Waals surface area contributed by atoms with E-state index in [0.29, 0.717) is 5.88 Å². The van der Waals surface area contributed by atoms with E-state index in [4.69, 9.17) is 16.3 Å². The van der Waals surface area contributed by atoms with Crippen LogP contribution in [-0.2, 0) is 4.74 Å². The molecule has 0 spiro atoms. The van der Waals surface area contributed by atoms with Crippen LogP contribution in [0.3, 0.4) is 0 Å². The Balaban J connectivity index is 1.57. The highest BCUT2D eigenvalue weighted by molar-refractivity contribution is 6.17. The third kappa shape index (κ3) is 1.63. The Bertz CT molecular complexity index is 521. The summed E-state index contributed by atoms with van der Waals surface area (Å²) in [5, 5.41) is 10.9. The molecule has 0 amide bonds. The van der Waals surface area contributed by atoms with Crippen molar-refractivity contribution < 1.29 is 4.74 Å². The average molecular weight is 278 g/mol. The van der Waals surface area contributed by atoms with E-state index >= 15 is 0 Å². The first-order chi connectivity index (χ1) is 9.40. The van der Waals surface area contributed by atoms with E-state index in [-0.39, 0.29) is 24.3 Å². The molecule has 4 rings (SSSR count). The number of alkyl halides is 1. The minimum atomic E-state index is 0.105. The summed E-state index contributed by atoms with van der Waals surface area (Å²) in [5.41, 5.74) is 2.62. The maximum absolute atomic E-state index is 6.12. The second-order valence-electron chi connectivity index (χ2n) is 5.35. The molecule has 5 heteroatoms. The summed E-state index contributed by atoms with van der Waals surface area (Å²) in [6, 6.07) is 8.94. The van der Waals surface area contributed by atoms with E-state index in [0.717, 1.165) is 19.4 Å². The topological polar surface area (TPSA) is 37.2 Å². The van der Waals surface area contributed by atoms with Crippen LogP contribution < -0.4 is 0 Å². The minimum Gasteiger partial charge on any atom is -0.361 e. The van der Waals surface area contributed by atoms with Crippen LogP contribution in [0.4, 0.5) is 0 Å². The van der Waals surface area contributed by atoms with Gasteiger partial charge in [-0.3, -0.25) is 5.01 Å². The molecule has 0 radical (unpaired) electrons. The zero-order chi connectivity index (χ0) is 12.8. The second-order valence-corrected chi connectivity index (χ2v) is 5.73. The summed E-state index contributed by atoms with van der Waals surface area (Å²) in [7, 11) is 0. The highest BCUT2D eigenvalue weighted by Crippen LogP contribution is 2.55. The first-order valence-corrected chi connectivity index (χ1v) is 7.41. The summed E-state index contributed by atoms with van der Waals surface area (Å²) in [6.45, 7) is 0.923. The number of unbranched alkanes of at least 4 members (excludes halogenated alkanes) is 1. The predicted molar refractivity (Wildman–Crippen MR) is 72.1 cm³/mol. The van der Waals surface area contributed by atoms with Gasteiger partial charge in [-0.05, 0) is 24.0 Å². The molecule has 1 fully saturated rings. The molecule has 3 heterocycles. The van der Waals surface area contributed by atoms with Crippen molar-refractivity contribution in [2.75, 3.05) is 12.4 Å². The number of ether oxygens (including phenoxy) is 1. The standard InChI is InChI=1S/C14H16ClN3O/c15-7-3-4-8-18-12-11(16-17-18)13-9-5-1-2-6-10(9)14(12)19-13/h1-2,5-6,11-14H,3-4,7-8H2. The van der Waals surface area contributed by atoms with Crippen molar-refractivity contribution in [1.29, 1.82) is 0 Å². The molecule has 1 saturated heterocycles. The van der Waals surface area contributed by atoms with Crippen molar-refractivity contribution in [2.45, 2.75) is 37.1 Å². The Morgan fingerprint density at radius 3 is 2.74 bits per heavy atom. The Labute approximate surface area is 117 Å². The fourth-order valence-corrected chi connectivity index (χ4v) is 3.62. The Hall–Kier alpha value is -1.13. The number of halogens is 1. The van der Waals surface area contributed by atoms with Gasteiger partial charge in [-0.2, -0.15) is 5.11 Å². The molecule has 3 aliphatic rings. The van der Waals surface area contributed by atoms with Crippen molar-refractivity contribution in [2.24, 2.45) is 10.3 Å². The van der Waals surface area contributed by atoms with E-state index < -0.39 is 0 Å². The molecule has 0 N–H and O–H groups in total. The highest BCUT2D eigenvalue weighted by atomic mass is 35.5.